The highest BCUT2D eigenvalue weighted by molar-refractivity contribution is 5.96. The molecule has 0 aromatic rings. The summed E-state index contributed by atoms with van der Waals surface area (Å²) in [7, 11) is 0. The third-order valence-electron chi connectivity index (χ3n) is 3.66. The number of Topliss-reactive ketones (excluding diaryl/α,β-unsaturated/α-hetero) is 1. The molecule has 0 unspecified atom stereocenters. The topological polar surface area (TPSA) is 17.1 Å². The summed E-state index contributed by atoms with van der Waals surface area (Å²) >= 11 is 0. The summed E-state index contributed by atoms with van der Waals surface area (Å²) in [6, 6.07) is 0. The van der Waals surface area contributed by atoms with Crippen molar-refractivity contribution in [1.82, 2.24) is 0 Å². The van der Waals surface area contributed by atoms with Crippen molar-refractivity contribution in [2.24, 2.45) is 11.3 Å². The second-order valence-corrected chi connectivity index (χ2v) is 5.49. The van der Waals surface area contributed by atoms with Crippen molar-refractivity contribution in [2.45, 2.75) is 52.4 Å². The number of carbonyl (C=O) groups excluding carboxylic acids is 1. The van der Waals surface area contributed by atoms with Crippen molar-refractivity contribution in [3.05, 3.63) is 11.6 Å². The van der Waals surface area contributed by atoms with Gasteiger partial charge in [-0.05, 0) is 36.2 Å². The molecule has 0 aromatic heterocycles. The minimum atomic E-state index is 0.256. The van der Waals surface area contributed by atoms with E-state index in [2.05, 4.69) is 19.9 Å². The first-order chi connectivity index (χ1) is 6.58. The maximum atomic E-state index is 11.8. The third-order valence-corrected chi connectivity index (χ3v) is 3.66. The summed E-state index contributed by atoms with van der Waals surface area (Å²) in [6.07, 6.45) is 9.18. The summed E-state index contributed by atoms with van der Waals surface area (Å²) in [5, 5.41) is 0. The fourth-order valence-corrected chi connectivity index (χ4v) is 2.74. The minimum Gasteiger partial charge on any atom is -0.295 e. The van der Waals surface area contributed by atoms with Gasteiger partial charge in [0.2, 0.25) is 0 Å². The molecule has 1 nitrogen and oxygen atoms in total. The SMILES string of the molecule is CC1(C)C=C(C2CCCC2)C(=O)CC1. The van der Waals surface area contributed by atoms with Gasteiger partial charge in [0, 0.05) is 6.42 Å². The van der Waals surface area contributed by atoms with E-state index in [0.29, 0.717) is 11.7 Å². The molecular formula is C13H20O. The zero-order valence-electron chi connectivity index (χ0n) is 9.31. The van der Waals surface area contributed by atoms with Gasteiger partial charge in [-0.25, -0.2) is 0 Å². The van der Waals surface area contributed by atoms with Crippen molar-refractivity contribution in [3.63, 3.8) is 0 Å². The van der Waals surface area contributed by atoms with Gasteiger partial charge in [-0.1, -0.05) is 32.8 Å². The lowest BCUT2D eigenvalue weighted by Gasteiger charge is -2.28. The van der Waals surface area contributed by atoms with Crippen LogP contribution in [0.3, 0.4) is 0 Å². The van der Waals surface area contributed by atoms with E-state index in [4.69, 9.17) is 0 Å². The molecule has 0 aliphatic heterocycles. The largest absolute Gasteiger partial charge is 0.295 e. The summed E-state index contributed by atoms with van der Waals surface area (Å²) in [5.41, 5.74) is 1.42. The number of carbonyl (C=O) groups is 1. The maximum absolute atomic E-state index is 11.8. The zero-order chi connectivity index (χ0) is 10.2. The van der Waals surface area contributed by atoms with E-state index >= 15 is 0 Å². The molecule has 2 aliphatic rings. The molecule has 0 amide bonds. The predicted molar refractivity (Wildman–Crippen MR) is 58.1 cm³/mol. The smallest absolute Gasteiger partial charge is 0.158 e. The van der Waals surface area contributed by atoms with E-state index in [1.165, 1.54) is 31.3 Å². The molecule has 1 saturated carbocycles. The van der Waals surface area contributed by atoms with Crippen LogP contribution in [0.15, 0.2) is 11.6 Å². The van der Waals surface area contributed by atoms with E-state index in [1.54, 1.807) is 0 Å². The molecule has 0 heterocycles. The van der Waals surface area contributed by atoms with Gasteiger partial charge in [0.25, 0.3) is 0 Å². The predicted octanol–water partition coefficient (Wildman–Crippen LogP) is 3.49. The quantitative estimate of drug-likeness (QED) is 0.621. The number of ketones is 1. The van der Waals surface area contributed by atoms with Crippen LogP contribution < -0.4 is 0 Å². The molecule has 0 saturated heterocycles. The van der Waals surface area contributed by atoms with Gasteiger partial charge in [-0.15, -0.1) is 0 Å². The molecule has 2 aliphatic carbocycles. The average molecular weight is 192 g/mol. The fraction of sp³-hybridized carbons (Fsp3) is 0.769. The molecule has 1 heteroatoms. The number of hydrogen-bond acceptors (Lipinski definition) is 1. The first-order valence-electron chi connectivity index (χ1n) is 5.84. The van der Waals surface area contributed by atoms with Crippen LogP contribution in [0.2, 0.25) is 0 Å². The highest BCUT2D eigenvalue weighted by Gasteiger charge is 2.31. The number of hydrogen-bond donors (Lipinski definition) is 0. The highest BCUT2D eigenvalue weighted by atomic mass is 16.1. The van der Waals surface area contributed by atoms with Crippen LogP contribution in [-0.4, -0.2) is 5.78 Å². The highest BCUT2D eigenvalue weighted by Crippen LogP contribution is 2.39. The van der Waals surface area contributed by atoms with Crippen LogP contribution in [0.1, 0.15) is 52.4 Å². The Morgan fingerprint density at radius 2 is 1.93 bits per heavy atom. The van der Waals surface area contributed by atoms with Crippen LogP contribution in [-0.2, 0) is 4.79 Å². The molecule has 0 spiro atoms. The molecule has 78 valence electrons. The van der Waals surface area contributed by atoms with E-state index in [0.717, 1.165) is 12.8 Å². The van der Waals surface area contributed by atoms with Gasteiger partial charge in [-0.2, -0.15) is 0 Å². The Morgan fingerprint density at radius 3 is 2.57 bits per heavy atom. The monoisotopic (exact) mass is 192 g/mol. The Bertz CT molecular complexity index is 267. The van der Waals surface area contributed by atoms with Gasteiger partial charge in [0.15, 0.2) is 5.78 Å². The Morgan fingerprint density at radius 1 is 1.29 bits per heavy atom. The van der Waals surface area contributed by atoms with E-state index in [-0.39, 0.29) is 5.41 Å². The van der Waals surface area contributed by atoms with Crippen LogP contribution in [0.4, 0.5) is 0 Å². The van der Waals surface area contributed by atoms with Gasteiger partial charge in [0.1, 0.15) is 0 Å². The number of rotatable bonds is 1. The zero-order valence-corrected chi connectivity index (χ0v) is 9.31. The molecule has 0 aromatic carbocycles. The molecule has 1 fully saturated rings. The van der Waals surface area contributed by atoms with Crippen molar-refractivity contribution in [2.75, 3.05) is 0 Å². The summed E-state index contributed by atoms with van der Waals surface area (Å²) in [5.74, 6) is 1.03. The van der Waals surface area contributed by atoms with Gasteiger partial charge in [-0.3, -0.25) is 4.79 Å². The van der Waals surface area contributed by atoms with Crippen molar-refractivity contribution >= 4 is 5.78 Å². The van der Waals surface area contributed by atoms with Crippen molar-refractivity contribution in [1.29, 1.82) is 0 Å². The molecule has 2 rings (SSSR count). The Hall–Kier alpha value is -0.590. The molecular weight excluding hydrogens is 172 g/mol. The van der Waals surface area contributed by atoms with Crippen LogP contribution in [0, 0.1) is 11.3 Å². The average Bonchev–Trinajstić information content (AvgIpc) is 2.62. The first-order valence-corrected chi connectivity index (χ1v) is 5.84. The van der Waals surface area contributed by atoms with E-state index < -0.39 is 0 Å². The normalized spacial score (nSPS) is 27.9. The lowest BCUT2D eigenvalue weighted by molar-refractivity contribution is -0.117. The van der Waals surface area contributed by atoms with Crippen LogP contribution in [0.25, 0.3) is 0 Å². The Balaban J connectivity index is 2.21. The van der Waals surface area contributed by atoms with Crippen LogP contribution >= 0.6 is 0 Å². The van der Waals surface area contributed by atoms with Crippen molar-refractivity contribution in [3.8, 4) is 0 Å². The summed E-state index contributed by atoms with van der Waals surface area (Å²) in [6.45, 7) is 4.49. The van der Waals surface area contributed by atoms with Gasteiger partial charge >= 0.3 is 0 Å². The van der Waals surface area contributed by atoms with Crippen LogP contribution in [0.5, 0.6) is 0 Å². The minimum absolute atomic E-state index is 0.256. The maximum Gasteiger partial charge on any atom is 0.158 e. The van der Waals surface area contributed by atoms with Crippen molar-refractivity contribution < 1.29 is 4.79 Å². The van der Waals surface area contributed by atoms with E-state index in [1.807, 2.05) is 0 Å². The lowest BCUT2D eigenvalue weighted by atomic mass is 9.75. The first kappa shape index (κ1) is 9.95. The Kier molecular flexibility index (Phi) is 2.50. The summed E-state index contributed by atoms with van der Waals surface area (Å²) < 4.78 is 0. The third kappa shape index (κ3) is 1.92. The Labute approximate surface area is 86.6 Å². The second kappa shape index (κ2) is 3.52. The number of allylic oxidation sites excluding steroid dienone is 2. The molecule has 0 radical (unpaired) electrons. The van der Waals surface area contributed by atoms with Gasteiger partial charge < -0.3 is 0 Å². The molecule has 0 N–H and O–H groups in total. The fourth-order valence-electron chi connectivity index (χ4n) is 2.74. The lowest BCUT2D eigenvalue weighted by Crippen LogP contribution is -2.23. The second-order valence-electron chi connectivity index (χ2n) is 5.49. The van der Waals surface area contributed by atoms with Gasteiger partial charge in [0.05, 0.1) is 0 Å². The van der Waals surface area contributed by atoms with E-state index in [9.17, 15) is 4.79 Å². The summed E-state index contributed by atoms with van der Waals surface area (Å²) in [4.78, 5) is 11.8. The standard InChI is InChI=1S/C13H20O/c1-13(2)8-7-12(14)11(9-13)10-5-3-4-6-10/h9-10H,3-8H2,1-2H3. The molecule has 0 atom stereocenters. The molecule has 14 heavy (non-hydrogen) atoms. The molecule has 0 bridgehead atoms.